The van der Waals surface area contributed by atoms with Crippen molar-refractivity contribution in [1.29, 1.82) is 0 Å². The second-order valence-corrected chi connectivity index (χ2v) is 5.38. The quantitative estimate of drug-likeness (QED) is 0.857. The van der Waals surface area contributed by atoms with Crippen LogP contribution in [-0.4, -0.2) is 23.8 Å². The van der Waals surface area contributed by atoms with Crippen LogP contribution < -0.4 is 0 Å². The monoisotopic (exact) mass is 270 g/mol. The molecule has 1 aromatic carbocycles. The van der Waals surface area contributed by atoms with Crippen LogP contribution in [0.3, 0.4) is 0 Å². The van der Waals surface area contributed by atoms with Crippen LogP contribution in [-0.2, 0) is 9.53 Å². The van der Waals surface area contributed by atoms with E-state index in [0.717, 1.165) is 5.56 Å². The first-order valence-corrected chi connectivity index (χ1v) is 6.27. The van der Waals surface area contributed by atoms with Gasteiger partial charge in [-0.3, -0.25) is 4.79 Å². The molecule has 0 aliphatic rings. The molecule has 0 amide bonds. The second kappa shape index (κ2) is 6.21. The number of methoxy groups -OCH3 is 1. The first-order valence-electron chi connectivity index (χ1n) is 5.89. The van der Waals surface area contributed by atoms with E-state index in [9.17, 15) is 9.90 Å². The Bertz CT molecular complexity index is 415. The van der Waals surface area contributed by atoms with Gasteiger partial charge in [0.15, 0.2) is 0 Å². The standard InChI is InChI=1S/C14H19ClO3/c1-14(2,18-3)8-7-12(13(16)17)10-5-4-6-11(15)9-10/h4-6,9,12H,7-8H2,1-3H3,(H,16,17). The highest BCUT2D eigenvalue weighted by molar-refractivity contribution is 6.30. The van der Waals surface area contributed by atoms with Gasteiger partial charge in [-0.25, -0.2) is 0 Å². The number of hydrogen-bond acceptors (Lipinski definition) is 2. The lowest BCUT2D eigenvalue weighted by atomic mass is 9.90. The van der Waals surface area contributed by atoms with Crippen LogP contribution in [0, 0.1) is 0 Å². The van der Waals surface area contributed by atoms with Gasteiger partial charge in [-0.15, -0.1) is 0 Å². The molecule has 1 atom stereocenters. The fourth-order valence-corrected chi connectivity index (χ4v) is 1.95. The molecule has 0 saturated heterocycles. The summed E-state index contributed by atoms with van der Waals surface area (Å²) < 4.78 is 5.31. The first kappa shape index (κ1) is 15.0. The van der Waals surface area contributed by atoms with E-state index in [2.05, 4.69) is 0 Å². The smallest absolute Gasteiger partial charge is 0.310 e. The van der Waals surface area contributed by atoms with Gasteiger partial charge < -0.3 is 9.84 Å². The molecule has 0 spiro atoms. The maximum atomic E-state index is 11.3. The molecule has 0 heterocycles. The molecule has 0 saturated carbocycles. The normalized spacial score (nSPS) is 13.3. The SMILES string of the molecule is COC(C)(C)CCC(C(=O)O)c1cccc(Cl)c1. The molecule has 4 heteroatoms. The molecule has 0 aliphatic heterocycles. The van der Waals surface area contributed by atoms with Crippen molar-refractivity contribution in [2.45, 2.75) is 38.2 Å². The van der Waals surface area contributed by atoms with Gasteiger partial charge in [-0.2, -0.15) is 0 Å². The van der Waals surface area contributed by atoms with Crippen LogP contribution in [0.25, 0.3) is 0 Å². The molecule has 0 aromatic heterocycles. The minimum atomic E-state index is -0.829. The summed E-state index contributed by atoms with van der Waals surface area (Å²) in [4.78, 5) is 11.3. The van der Waals surface area contributed by atoms with Crippen LogP contribution in [0.2, 0.25) is 5.02 Å². The van der Waals surface area contributed by atoms with Crippen molar-refractivity contribution in [2.75, 3.05) is 7.11 Å². The average molecular weight is 271 g/mol. The summed E-state index contributed by atoms with van der Waals surface area (Å²) in [5, 5.41) is 9.86. The van der Waals surface area contributed by atoms with Crippen molar-refractivity contribution in [3.63, 3.8) is 0 Å². The molecule has 0 bridgehead atoms. The number of rotatable bonds is 6. The van der Waals surface area contributed by atoms with Crippen LogP contribution in [0.4, 0.5) is 0 Å². The third-order valence-corrected chi connectivity index (χ3v) is 3.37. The number of hydrogen-bond donors (Lipinski definition) is 1. The lowest BCUT2D eigenvalue weighted by Gasteiger charge is -2.24. The number of aliphatic carboxylic acids is 1. The van der Waals surface area contributed by atoms with E-state index >= 15 is 0 Å². The maximum Gasteiger partial charge on any atom is 0.310 e. The van der Waals surface area contributed by atoms with Gasteiger partial charge in [0.25, 0.3) is 0 Å². The maximum absolute atomic E-state index is 11.3. The van der Waals surface area contributed by atoms with Crippen molar-refractivity contribution < 1.29 is 14.6 Å². The summed E-state index contributed by atoms with van der Waals surface area (Å²) in [6, 6.07) is 7.02. The van der Waals surface area contributed by atoms with Gasteiger partial charge in [-0.1, -0.05) is 23.7 Å². The van der Waals surface area contributed by atoms with Crippen molar-refractivity contribution in [3.05, 3.63) is 34.9 Å². The average Bonchev–Trinajstić information content (AvgIpc) is 2.29. The fourth-order valence-electron chi connectivity index (χ4n) is 1.75. The molecule has 0 fully saturated rings. The Kier molecular flexibility index (Phi) is 5.17. The minimum Gasteiger partial charge on any atom is -0.481 e. The lowest BCUT2D eigenvalue weighted by Crippen LogP contribution is -2.24. The Labute approximate surface area is 113 Å². The molecule has 0 aliphatic carbocycles. The van der Waals surface area contributed by atoms with Crippen molar-refractivity contribution in [3.8, 4) is 0 Å². The minimum absolute atomic E-state index is 0.313. The molecule has 18 heavy (non-hydrogen) atoms. The van der Waals surface area contributed by atoms with Gasteiger partial charge in [0.05, 0.1) is 11.5 Å². The zero-order chi connectivity index (χ0) is 13.8. The van der Waals surface area contributed by atoms with Gasteiger partial charge in [0.1, 0.15) is 0 Å². The Morgan fingerprint density at radius 1 is 1.50 bits per heavy atom. The summed E-state index contributed by atoms with van der Waals surface area (Å²) in [5.41, 5.74) is 0.425. The van der Waals surface area contributed by atoms with Crippen molar-refractivity contribution in [1.82, 2.24) is 0 Å². The molecule has 1 N–H and O–H groups in total. The van der Waals surface area contributed by atoms with Gasteiger partial charge >= 0.3 is 5.97 Å². The van der Waals surface area contributed by atoms with E-state index in [1.165, 1.54) is 0 Å². The van der Waals surface area contributed by atoms with Crippen molar-refractivity contribution >= 4 is 17.6 Å². The van der Waals surface area contributed by atoms with Crippen LogP contribution in [0.15, 0.2) is 24.3 Å². The fraction of sp³-hybridized carbons (Fsp3) is 0.500. The molecular weight excluding hydrogens is 252 g/mol. The summed E-state index contributed by atoms with van der Waals surface area (Å²) in [5.74, 6) is -1.37. The molecular formula is C14H19ClO3. The Morgan fingerprint density at radius 3 is 2.67 bits per heavy atom. The molecule has 1 rings (SSSR count). The number of benzene rings is 1. The van der Waals surface area contributed by atoms with E-state index in [0.29, 0.717) is 17.9 Å². The highest BCUT2D eigenvalue weighted by Gasteiger charge is 2.24. The molecule has 1 aromatic rings. The summed E-state index contributed by atoms with van der Waals surface area (Å²) in [6.45, 7) is 3.90. The Hall–Kier alpha value is -1.06. The van der Waals surface area contributed by atoms with E-state index in [-0.39, 0.29) is 5.60 Å². The summed E-state index contributed by atoms with van der Waals surface area (Å²) in [7, 11) is 1.63. The van der Waals surface area contributed by atoms with Crippen LogP contribution in [0.1, 0.15) is 38.2 Å². The molecule has 3 nitrogen and oxygen atoms in total. The molecule has 100 valence electrons. The largest absolute Gasteiger partial charge is 0.481 e. The first-order chi connectivity index (χ1) is 8.35. The number of halogens is 1. The van der Waals surface area contributed by atoms with Gasteiger partial charge in [0.2, 0.25) is 0 Å². The third-order valence-electron chi connectivity index (χ3n) is 3.14. The van der Waals surface area contributed by atoms with Crippen LogP contribution in [0.5, 0.6) is 0 Å². The highest BCUT2D eigenvalue weighted by atomic mass is 35.5. The van der Waals surface area contributed by atoms with E-state index in [4.69, 9.17) is 16.3 Å². The van der Waals surface area contributed by atoms with E-state index in [1.807, 2.05) is 13.8 Å². The molecule has 1 unspecified atom stereocenters. The van der Waals surface area contributed by atoms with E-state index in [1.54, 1.807) is 31.4 Å². The number of ether oxygens (including phenoxy) is 1. The number of carbonyl (C=O) groups is 1. The number of carboxylic acid groups (broad SMARTS) is 1. The van der Waals surface area contributed by atoms with Crippen LogP contribution >= 0.6 is 11.6 Å². The molecule has 0 radical (unpaired) electrons. The zero-order valence-electron chi connectivity index (χ0n) is 10.9. The topological polar surface area (TPSA) is 46.5 Å². The predicted octanol–water partition coefficient (Wildman–Crippen LogP) is 3.71. The Balaban J connectivity index is 2.81. The zero-order valence-corrected chi connectivity index (χ0v) is 11.7. The van der Waals surface area contributed by atoms with Gasteiger partial charge in [0, 0.05) is 12.1 Å². The van der Waals surface area contributed by atoms with Crippen molar-refractivity contribution in [2.24, 2.45) is 0 Å². The van der Waals surface area contributed by atoms with E-state index < -0.39 is 11.9 Å². The third kappa shape index (κ3) is 4.31. The lowest BCUT2D eigenvalue weighted by molar-refractivity contribution is -0.139. The summed E-state index contributed by atoms with van der Waals surface area (Å²) in [6.07, 6.45) is 1.20. The summed E-state index contributed by atoms with van der Waals surface area (Å²) >= 11 is 5.89. The second-order valence-electron chi connectivity index (χ2n) is 4.95. The highest BCUT2D eigenvalue weighted by Crippen LogP contribution is 2.28. The predicted molar refractivity (Wildman–Crippen MR) is 72.2 cm³/mol. The number of carboxylic acids is 1. The Morgan fingerprint density at radius 2 is 2.17 bits per heavy atom. The van der Waals surface area contributed by atoms with Gasteiger partial charge in [-0.05, 0) is 44.4 Å².